The van der Waals surface area contributed by atoms with Crippen molar-refractivity contribution in [2.24, 2.45) is 5.10 Å². The quantitative estimate of drug-likeness (QED) is 0.459. The third-order valence-corrected chi connectivity index (χ3v) is 3.76. The summed E-state index contributed by atoms with van der Waals surface area (Å²) in [5.74, 6) is 0.912. The van der Waals surface area contributed by atoms with Gasteiger partial charge in [-0.1, -0.05) is 12.1 Å². The van der Waals surface area contributed by atoms with Gasteiger partial charge in [0.2, 0.25) is 0 Å². The van der Waals surface area contributed by atoms with Crippen molar-refractivity contribution in [2.45, 2.75) is 0 Å². The maximum Gasteiger partial charge on any atom is 0.289 e. The van der Waals surface area contributed by atoms with Crippen molar-refractivity contribution in [1.29, 1.82) is 0 Å². The summed E-state index contributed by atoms with van der Waals surface area (Å²) >= 11 is 0. The van der Waals surface area contributed by atoms with Crippen LogP contribution in [0.4, 0.5) is 0 Å². The molecule has 1 heterocycles. The van der Waals surface area contributed by atoms with Gasteiger partial charge in [-0.15, -0.1) is 0 Å². The zero-order valence-corrected chi connectivity index (χ0v) is 14.8. The van der Waals surface area contributed by atoms with Crippen LogP contribution in [0.25, 0.3) is 11.3 Å². The minimum absolute atomic E-state index is 0.122. The zero-order valence-electron chi connectivity index (χ0n) is 14.8. The number of hydrogen-bond acceptors (Lipinski definition) is 6. The molecule has 0 spiro atoms. The van der Waals surface area contributed by atoms with Crippen molar-refractivity contribution in [3.8, 4) is 28.5 Å². The molecule has 0 fully saturated rings. The maximum atomic E-state index is 12.2. The molecule has 8 nitrogen and oxygen atoms in total. The first-order chi connectivity index (χ1) is 13.1. The van der Waals surface area contributed by atoms with Crippen molar-refractivity contribution in [2.75, 3.05) is 14.2 Å². The molecule has 8 heteroatoms. The van der Waals surface area contributed by atoms with E-state index in [4.69, 9.17) is 9.47 Å². The molecule has 3 rings (SSSR count). The van der Waals surface area contributed by atoms with Crippen molar-refractivity contribution in [3.05, 3.63) is 59.8 Å². The van der Waals surface area contributed by atoms with Gasteiger partial charge in [-0.3, -0.25) is 9.89 Å². The van der Waals surface area contributed by atoms with E-state index in [-0.39, 0.29) is 11.4 Å². The van der Waals surface area contributed by atoms with Gasteiger partial charge in [-0.25, -0.2) is 5.43 Å². The molecule has 3 N–H and O–H groups in total. The number of carbonyl (C=O) groups is 1. The predicted molar refractivity (Wildman–Crippen MR) is 100 cm³/mol. The third-order valence-electron chi connectivity index (χ3n) is 3.76. The number of aromatic nitrogens is 2. The van der Waals surface area contributed by atoms with Gasteiger partial charge in [-0.05, 0) is 35.9 Å². The number of hydrogen-bond donors (Lipinski definition) is 3. The molecular weight excluding hydrogens is 348 g/mol. The van der Waals surface area contributed by atoms with Crippen LogP contribution in [0, 0.1) is 0 Å². The largest absolute Gasteiger partial charge is 0.508 e. The fraction of sp³-hybridized carbons (Fsp3) is 0.105. The number of nitrogens with zero attached hydrogens (tertiary/aromatic N) is 2. The SMILES string of the molecule is COc1ccc(-c2cc(C(=O)NN=Cc3cccc(O)c3)[nH]n2)c(OC)c1. The van der Waals surface area contributed by atoms with E-state index in [0.29, 0.717) is 22.8 Å². The molecule has 1 amide bonds. The Bertz CT molecular complexity index is 981. The summed E-state index contributed by atoms with van der Waals surface area (Å²) in [6.45, 7) is 0. The summed E-state index contributed by atoms with van der Waals surface area (Å²) < 4.78 is 10.5. The number of H-pyrrole nitrogens is 1. The zero-order chi connectivity index (χ0) is 19.2. The lowest BCUT2D eigenvalue weighted by Gasteiger charge is -2.08. The molecule has 0 unspecified atom stereocenters. The van der Waals surface area contributed by atoms with E-state index in [0.717, 1.165) is 5.56 Å². The Morgan fingerprint density at radius 1 is 1.19 bits per heavy atom. The Morgan fingerprint density at radius 3 is 2.78 bits per heavy atom. The Kier molecular flexibility index (Phi) is 5.36. The summed E-state index contributed by atoms with van der Waals surface area (Å²) in [7, 11) is 3.12. The number of phenols is 1. The van der Waals surface area contributed by atoms with Crippen molar-refractivity contribution in [3.63, 3.8) is 0 Å². The second-order valence-corrected chi connectivity index (χ2v) is 5.53. The molecule has 1 aromatic heterocycles. The molecule has 0 saturated carbocycles. The van der Waals surface area contributed by atoms with Crippen molar-refractivity contribution in [1.82, 2.24) is 15.6 Å². The summed E-state index contributed by atoms with van der Waals surface area (Å²) in [4.78, 5) is 12.2. The highest BCUT2D eigenvalue weighted by Gasteiger charge is 2.14. The fourth-order valence-corrected chi connectivity index (χ4v) is 2.42. The predicted octanol–water partition coefficient (Wildman–Crippen LogP) is 2.56. The summed E-state index contributed by atoms with van der Waals surface area (Å²) in [6, 6.07) is 13.4. The standard InChI is InChI=1S/C19H18N4O4/c1-26-14-6-7-15(18(9-14)27-2)16-10-17(22-21-16)19(25)23-20-11-12-4-3-5-13(24)8-12/h3-11,24H,1-2H3,(H,21,22)(H,23,25). The van der Waals surface area contributed by atoms with Crippen LogP contribution in [0.15, 0.2) is 53.6 Å². The molecule has 0 saturated heterocycles. The highest BCUT2D eigenvalue weighted by Crippen LogP contribution is 2.32. The van der Waals surface area contributed by atoms with Crippen LogP contribution in [-0.4, -0.2) is 41.6 Å². The number of phenolic OH excluding ortho intramolecular Hbond substituents is 1. The van der Waals surface area contributed by atoms with Crippen LogP contribution in [0.2, 0.25) is 0 Å². The topological polar surface area (TPSA) is 109 Å². The Hall–Kier alpha value is -3.81. The van der Waals surface area contributed by atoms with Gasteiger partial charge >= 0.3 is 0 Å². The van der Waals surface area contributed by atoms with Crippen LogP contribution in [0.5, 0.6) is 17.2 Å². The molecule has 0 aliphatic carbocycles. The minimum atomic E-state index is -0.447. The average Bonchev–Trinajstić information content (AvgIpc) is 3.17. The van der Waals surface area contributed by atoms with Gasteiger partial charge < -0.3 is 14.6 Å². The van der Waals surface area contributed by atoms with Gasteiger partial charge in [0.05, 0.1) is 26.1 Å². The summed E-state index contributed by atoms with van der Waals surface area (Å²) in [6.07, 6.45) is 1.43. The van der Waals surface area contributed by atoms with Gasteiger partial charge in [-0.2, -0.15) is 10.2 Å². The number of carbonyl (C=O) groups excluding carboxylic acids is 1. The van der Waals surface area contributed by atoms with E-state index in [1.807, 2.05) is 0 Å². The van der Waals surface area contributed by atoms with Gasteiger partial charge in [0.15, 0.2) is 0 Å². The number of methoxy groups -OCH3 is 2. The third kappa shape index (κ3) is 4.24. The molecule has 2 aromatic carbocycles. The summed E-state index contributed by atoms with van der Waals surface area (Å²) in [5, 5.41) is 20.1. The van der Waals surface area contributed by atoms with Crippen LogP contribution in [-0.2, 0) is 0 Å². The first-order valence-corrected chi connectivity index (χ1v) is 8.01. The number of aromatic hydroxyl groups is 1. The lowest BCUT2D eigenvalue weighted by atomic mass is 10.1. The lowest BCUT2D eigenvalue weighted by Crippen LogP contribution is -2.17. The van der Waals surface area contributed by atoms with Gasteiger partial charge in [0.1, 0.15) is 22.9 Å². The van der Waals surface area contributed by atoms with Crippen molar-refractivity contribution >= 4 is 12.1 Å². The Balaban J connectivity index is 1.73. The molecule has 0 radical (unpaired) electrons. The first-order valence-electron chi connectivity index (χ1n) is 8.01. The maximum absolute atomic E-state index is 12.2. The van der Waals surface area contributed by atoms with Crippen LogP contribution >= 0.6 is 0 Å². The highest BCUT2D eigenvalue weighted by atomic mass is 16.5. The van der Waals surface area contributed by atoms with E-state index in [1.165, 1.54) is 12.3 Å². The Labute approximate surface area is 155 Å². The van der Waals surface area contributed by atoms with Crippen LogP contribution in [0.3, 0.4) is 0 Å². The van der Waals surface area contributed by atoms with Gasteiger partial charge in [0.25, 0.3) is 5.91 Å². The normalized spacial score (nSPS) is 10.7. The lowest BCUT2D eigenvalue weighted by molar-refractivity contribution is 0.0950. The molecule has 0 bridgehead atoms. The number of ether oxygens (including phenoxy) is 2. The van der Waals surface area contributed by atoms with E-state index in [2.05, 4.69) is 20.7 Å². The molecule has 138 valence electrons. The van der Waals surface area contributed by atoms with E-state index in [9.17, 15) is 9.90 Å². The van der Waals surface area contributed by atoms with E-state index in [1.54, 1.807) is 56.7 Å². The molecule has 0 atom stereocenters. The number of rotatable bonds is 6. The number of nitrogens with one attached hydrogen (secondary N) is 2. The minimum Gasteiger partial charge on any atom is -0.508 e. The van der Waals surface area contributed by atoms with Crippen LogP contribution in [0.1, 0.15) is 16.1 Å². The summed E-state index contributed by atoms with van der Waals surface area (Å²) in [5.41, 5.74) is 4.58. The number of hydrazone groups is 1. The number of amides is 1. The van der Waals surface area contributed by atoms with E-state index < -0.39 is 5.91 Å². The monoisotopic (exact) mass is 366 g/mol. The molecule has 0 aliphatic heterocycles. The molecule has 3 aromatic rings. The molecule has 27 heavy (non-hydrogen) atoms. The average molecular weight is 366 g/mol. The first kappa shape index (κ1) is 18.0. The fourth-order valence-electron chi connectivity index (χ4n) is 2.42. The second kappa shape index (κ2) is 8.05. The smallest absolute Gasteiger partial charge is 0.289 e. The Morgan fingerprint density at radius 2 is 2.04 bits per heavy atom. The highest BCUT2D eigenvalue weighted by molar-refractivity contribution is 5.94. The molecular formula is C19H18N4O4. The number of aromatic amines is 1. The second-order valence-electron chi connectivity index (χ2n) is 5.53. The van der Waals surface area contributed by atoms with E-state index >= 15 is 0 Å². The van der Waals surface area contributed by atoms with Crippen LogP contribution < -0.4 is 14.9 Å². The van der Waals surface area contributed by atoms with Crippen molar-refractivity contribution < 1.29 is 19.4 Å². The number of benzene rings is 2. The molecule has 0 aliphatic rings. The van der Waals surface area contributed by atoms with Gasteiger partial charge in [0, 0.05) is 11.6 Å².